The molecular weight excluding hydrogens is 276 g/mol. The van der Waals surface area contributed by atoms with Crippen LogP contribution in [0.3, 0.4) is 0 Å². The average Bonchev–Trinajstić information content (AvgIpc) is 2.60. The standard InChI is InChI=1S/C16H16N6/c17-22(20-11-15-7-3-1-5-13(15)9-18-20)21-12-16-8-4-2-6-14(16)10-19-21/h1-10H,11-12,17H2. The van der Waals surface area contributed by atoms with Crippen molar-refractivity contribution >= 4 is 12.4 Å². The van der Waals surface area contributed by atoms with Crippen LogP contribution in [-0.2, 0) is 13.1 Å². The molecule has 0 saturated carbocycles. The molecule has 2 N–H and O–H groups in total. The maximum Gasteiger partial charge on any atom is 0.0825 e. The molecule has 110 valence electrons. The third-order valence-corrected chi connectivity index (χ3v) is 3.87. The lowest BCUT2D eigenvalue weighted by Gasteiger charge is -2.37. The van der Waals surface area contributed by atoms with Gasteiger partial charge in [0.15, 0.2) is 0 Å². The van der Waals surface area contributed by atoms with Crippen molar-refractivity contribution in [2.45, 2.75) is 13.1 Å². The minimum absolute atomic E-state index is 0.622. The molecule has 0 radical (unpaired) electrons. The van der Waals surface area contributed by atoms with Crippen molar-refractivity contribution in [3.8, 4) is 0 Å². The van der Waals surface area contributed by atoms with Gasteiger partial charge in [-0.25, -0.2) is 5.84 Å². The molecule has 2 aromatic carbocycles. The van der Waals surface area contributed by atoms with Gasteiger partial charge in [-0.05, 0) is 27.5 Å². The van der Waals surface area contributed by atoms with E-state index < -0.39 is 0 Å². The molecule has 0 unspecified atom stereocenters. The van der Waals surface area contributed by atoms with E-state index in [4.69, 9.17) is 5.84 Å². The Bertz CT molecular complexity index is 690. The van der Waals surface area contributed by atoms with Crippen molar-refractivity contribution < 1.29 is 0 Å². The van der Waals surface area contributed by atoms with Gasteiger partial charge in [0, 0.05) is 0 Å². The van der Waals surface area contributed by atoms with E-state index >= 15 is 0 Å². The van der Waals surface area contributed by atoms with Crippen LogP contribution in [0.25, 0.3) is 0 Å². The summed E-state index contributed by atoms with van der Waals surface area (Å²) < 4.78 is 0. The molecule has 22 heavy (non-hydrogen) atoms. The Morgan fingerprint density at radius 3 is 1.73 bits per heavy atom. The first-order valence-electron chi connectivity index (χ1n) is 7.15. The van der Waals surface area contributed by atoms with E-state index in [0.29, 0.717) is 13.1 Å². The van der Waals surface area contributed by atoms with Crippen LogP contribution in [0.5, 0.6) is 0 Å². The second-order valence-corrected chi connectivity index (χ2v) is 5.27. The minimum Gasteiger partial charge on any atom is -0.228 e. The largest absolute Gasteiger partial charge is 0.228 e. The average molecular weight is 292 g/mol. The Balaban J connectivity index is 1.54. The number of rotatable bonds is 2. The topological polar surface area (TPSA) is 60.5 Å². The normalized spacial score (nSPS) is 15.9. The highest BCUT2D eigenvalue weighted by Crippen LogP contribution is 2.20. The quantitative estimate of drug-likeness (QED) is 0.676. The molecule has 2 aromatic rings. The fourth-order valence-electron chi connectivity index (χ4n) is 2.62. The summed E-state index contributed by atoms with van der Waals surface area (Å²) in [5, 5.41) is 13.7. The fourth-order valence-corrected chi connectivity index (χ4v) is 2.62. The van der Waals surface area contributed by atoms with E-state index in [0.717, 1.165) is 11.1 Å². The third kappa shape index (κ3) is 2.24. The lowest BCUT2D eigenvalue weighted by Crippen LogP contribution is -2.54. The van der Waals surface area contributed by atoms with Gasteiger partial charge in [0.25, 0.3) is 0 Å². The molecule has 0 atom stereocenters. The molecule has 0 bridgehead atoms. The van der Waals surface area contributed by atoms with Crippen molar-refractivity contribution in [2.24, 2.45) is 16.0 Å². The molecule has 6 heteroatoms. The van der Waals surface area contributed by atoms with Gasteiger partial charge in [0.2, 0.25) is 0 Å². The predicted molar refractivity (Wildman–Crippen MR) is 85.2 cm³/mol. The first-order chi connectivity index (χ1) is 10.8. The summed E-state index contributed by atoms with van der Waals surface area (Å²) in [4.78, 5) is 0. The lowest BCUT2D eigenvalue weighted by atomic mass is 10.1. The van der Waals surface area contributed by atoms with Gasteiger partial charge in [-0.2, -0.15) is 20.4 Å². The van der Waals surface area contributed by atoms with E-state index in [1.165, 1.54) is 16.4 Å². The number of hydrazine groups is 3. The Morgan fingerprint density at radius 1 is 0.773 bits per heavy atom. The Morgan fingerprint density at radius 2 is 1.23 bits per heavy atom. The van der Waals surface area contributed by atoms with Gasteiger partial charge in [0.1, 0.15) is 0 Å². The lowest BCUT2D eigenvalue weighted by molar-refractivity contribution is -0.201. The zero-order valence-corrected chi connectivity index (χ0v) is 12.0. The SMILES string of the molecule is NN(N1Cc2ccccc2C=N1)N1Cc2ccccc2C=N1. The molecule has 0 aromatic heterocycles. The molecule has 2 heterocycles. The highest BCUT2D eigenvalue weighted by Gasteiger charge is 2.23. The zero-order valence-electron chi connectivity index (χ0n) is 12.0. The molecule has 0 saturated heterocycles. The van der Waals surface area contributed by atoms with Crippen LogP contribution in [0, 0.1) is 0 Å². The second kappa shape index (κ2) is 5.25. The summed E-state index contributed by atoms with van der Waals surface area (Å²) in [6, 6.07) is 16.3. The smallest absolute Gasteiger partial charge is 0.0825 e. The van der Waals surface area contributed by atoms with Gasteiger partial charge in [0.05, 0.1) is 25.5 Å². The number of hydrogen-bond donors (Lipinski definition) is 1. The highest BCUT2D eigenvalue weighted by molar-refractivity contribution is 5.82. The number of benzene rings is 2. The van der Waals surface area contributed by atoms with Crippen molar-refractivity contribution in [3.63, 3.8) is 0 Å². The number of nitrogens with two attached hydrogens (primary N) is 1. The van der Waals surface area contributed by atoms with Crippen LogP contribution in [0.1, 0.15) is 22.3 Å². The second-order valence-electron chi connectivity index (χ2n) is 5.27. The maximum absolute atomic E-state index is 6.20. The van der Waals surface area contributed by atoms with Crippen LogP contribution < -0.4 is 5.84 Å². The number of hydrogen-bond acceptors (Lipinski definition) is 6. The van der Waals surface area contributed by atoms with Gasteiger partial charge >= 0.3 is 0 Å². The number of nitrogens with zero attached hydrogens (tertiary/aromatic N) is 5. The van der Waals surface area contributed by atoms with E-state index in [1.54, 1.807) is 10.2 Å². The van der Waals surface area contributed by atoms with Crippen LogP contribution in [0.2, 0.25) is 0 Å². The summed E-state index contributed by atoms with van der Waals surface area (Å²) in [6.45, 7) is 1.24. The monoisotopic (exact) mass is 292 g/mol. The van der Waals surface area contributed by atoms with Crippen LogP contribution in [0.4, 0.5) is 0 Å². The van der Waals surface area contributed by atoms with E-state index in [9.17, 15) is 0 Å². The molecule has 2 aliphatic rings. The number of hydrazone groups is 2. The first-order valence-corrected chi connectivity index (χ1v) is 7.15. The molecule has 0 amide bonds. The Hall–Kier alpha value is -2.70. The maximum atomic E-state index is 6.20. The first kappa shape index (κ1) is 13.0. The Labute approximate surface area is 128 Å². The zero-order chi connectivity index (χ0) is 14.9. The molecule has 0 fully saturated rings. The number of fused-ring (bicyclic) bond motifs is 2. The van der Waals surface area contributed by atoms with Gasteiger partial charge in [-0.3, -0.25) is 0 Å². The van der Waals surface area contributed by atoms with Crippen LogP contribution in [-0.4, -0.2) is 27.9 Å². The van der Waals surface area contributed by atoms with E-state index in [-0.39, 0.29) is 0 Å². The van der Waals surface area contributed by atoms with Crippen molar-refractivity contribution in [2.75, 3.05) is 0 Å². The highest BCUT2D eigenvalue weighted by atomic mass is 16.1. The van der Waals surface area contributed by atoms with Gasteiger partial charge in [-0.15, -0.1) is 0 Å². The summed E-state index contributed by atoms with van der Waals surface area (Å²) in [5.74, 6) is 6.20. The van der Waals surface area contributed by atoms with E-state index in [1.807, 2.05) is 48.8 Å². The van der Waals surface area contributed by atoms with Crippen molar-refractivity contribution in [3.05, 3.63) is 70.8 Å². The van der Waals surface area contributed by atoms with Crippen molar-refractivity contribution in [1.29, 1.82) is 0 Å². The van der Waals surface area contributed by atoms with E-state index in [2.05, 4.69) is 22.3 Å². The molecule has 2 aliphatic heterocycles. The van der Waals surface area contributed by atoms with Gasteiger partial charge in [-0.1, -0.05) is 48.5 Å². The molecular formula is C16H16N6. The Kier molecular flexibility index (Phi) is 3.10. The molecule has 0 aliphatic carbocycles. The fraction of sp³-hybridized carbons (Fsp3) is 0.125. The minimum atomic E-state index is 0.622. The molecule has 6 nitrogen and oxygen atoms in total. The third-order valence-electron chi connectivity index (χ3n) is 3.87. The summed E-state index contributed by atoms with van der Waals surface area (Å²) in [6.07, 6.45) is 3.64. The van der Waals surface area contributed by atoms with Crippen LogP contribution >= 0.6 is 0 Å². The van der Waals surface area contributed by atoms with Crippen LogP contribution in [0.15, 0.2) is 58.7 Å². The van der Waals surface area contributed by atoms with Crippen molar-refractivity contribution in [1.82, 2.24) is 15.5 Å². The van der Waals surface area contributed by atoms with Gasteiger partial charge < -0.3 is 0 Å². The predicted octanol–water partition coefficient (Wildman–Crippen LogP) is 1.69. The summed E-state index contributed by atoms with van der Waals surface area (Å²) in [7, 11) is 0. The molecule has 4 rings (SSSR count). The summed E-state index contributed by atoms with van der Waals surface area (Å²) >= 11 is 0. The summed E-state index contributed by atoms with van der Waals surface area (Å²) in [5.41, 5.74) is 4.63. The molecule has 0 spiro atoms.